The second-order valence-corrected chi connectivity index (χ2v) is 8.35. The Bertz CT molecular complexity index is 1020. The molecule has 1 N–H and O–H groups in total. The van der Waals surface area contributed by atoms with Crippen molar-refractivity contribution in [2.24, 2.45) is 5.92 Å². The van der Waals surface area contributed by atoms with Crippen molar-refractivity contribution in [3.8, 4) is 5.75 Å². The summed E-state index contributed by atoms with van der Waals surface area (Å²) < 4.78 is 11.4. The lowest BCUT2D eigenvalue weighted by Crippen LogP contribution is -2.21. The van der Waals surface area contributed by atoms with E-state index in [1.807, 2.05) is 49.4 Å². The highest BCUT2D eigenvalue weighted by Crippen LogP contribution is 2.32. The van der Waals surface area contributed by atoms with Crippen LogP contribution in [0.3, 0.4) is 0 Å². The molecule has 1 aliphatic rings. The van der Waals surface area contributed by atoms with Crippen LogP contribution in [0.5, 0.6) is 5.75 Å². The molecule has 0 saturated carbocycles. The minimum atomic E-state index is -0.800. The van der Waals surface area contributed by atoms with E-state index in [4.69, 9.17) is 9.15 Å². The van der Waals surface area contributed by atoms with Gasteiger partial charge in [0.2, 0.25) is 5.89 Å². The number of nitrogens with one attached hydrogen (secondary N) is 1. The van der Waals surface area contributed by atoms with E-state index in [1.165, 1.54) is 0 Å². The summed E-state index contributed by atoms with van der Waals surface area (Å²) in [5.74, 6) is -0.407. The normalized spacial score (nSPS) is 16.6. The highest BCUT2D eigenvalue weighted by Gasteiger charge is 2.35. The highest BCUT2D eigenvalue weighted by molar-refractivity contribution is 7.99. The number of rotatable bonds is 9. The lowest BCUT2D eigenvalue weighted by Gasteiger charge is -2.07. The summed E-state index contributed by atoms with van der Waals surface area (Å²) in [6, 6.07) is 13.1. The van der Waals surface area contributed by atoms with Crippen molar-refractivity contribution < 1.29 is 23.6 Å². The van der Waals surface area contributed by atoms with E-state index < -0.39 is 17.8 Å². The third kappa shape index (κ3) is 5.43. The van der Waals surface area contributed by atoms with Gasteiger partial charge in [0.1, 0.15) is 17.9 Å². The Morgan fingerprint density at radius 2 is 2.03 bits per heavy atom. The predicted molar refractivity (Wildman–Crippen MR) is 112 cm³/mol. The van der Waals surface area contributed by atoms with Crippen LogP contribution < -0.4 is 10.2 Å². The minimum absolute atomic E-state index is 0.0522. The fourth-order valence-electron chi connectivity index (χ4n) is 3.03. The first-order valence-electron chi connectivity index (χ1n) is 9.83. The zero-order valence-electron chi connectivity index (χ0n) is 16.8. The number of ether oxygens (including phenoxy) is 1. The molecule has 0 radical (unpaired) electrons. The van der Waals surface area contributed by atoms with Gasteiger partial charge >= 0.3 is 5.97 Å². The molecule has 0 bridgehead atoms. The van der Waals surface area contributed by atoms with E-state index in [0.717, 1.165) is 16.3 Å². The van der Waals surface area contributed by atoms with Gasteiger partial charge in [-0.1, -0.05) is 30.0 Å². The van der Waals surface area contributed by atoms with Gasteiger partial charge in [-0.2, -0.15) is 5.48 Å². The molecule has 8 nitrogen and oxygen atoms in total. The molecule has 160 valence electrons. The average Bonchev–Trinajstić information content (AvgIpc) is 3.38. The number of aromatic nitrogens is 2. The monoisotopic (exact) mass is 439 g/mol. The van der Waals surface area contributed by atoms with Crippen molar-refractivity contribution in [1.29, 1.82) is 0 Å². The minimum Gasteiger partial charge on any atom is -0.493 e. The summed E-state index contributed by atoms with van der Waals surface area (Å²) in [6.45, 7) is 2.48. The van der Waals surface area contributed by atoms with Crippen LogP contribution in [0.1, 0.15) is 29.3 Å². The van der Waals surface area contributed by atoms with Crippen LogP contribution >= 0.6 is 11.8 Å². The van der Waals surface area contributed by atoms with Crippen LogP contribution in [0.25, 0.3) is 0 Å². The Hall–Kier alpha value is -3.33. The molecule has 4 rings (SSSR count). The average molecular weight is 439 g/mol. The molecular formula is C22H21N3O5S. The van der Waals surface area contributed by atoms with Crippen LogP contribution in [0.4, 0.5) is 0 Å². The molecule has 3 heterocycles. The van der Waals surface area contributed by atoms with E-state index in [9.17, 15) is 9.59 Å². The molecular weight excluding hydrogens is 418 g/mol. The first kappa shape index (κ1) is 20.9. The maximum atomic E-state index is 11.6. The number of carbonyl (C=O) groups excluding carboxylic acids is 2. The maximum Gasteiger partial charge on any atom is 0.345 e. The molecule has 31 heavy (non-hydrogen) atoms. The number of amides is 1. The van der Waals surface area contributed by atoms with Crippen LogP contribution in [0, 0.1) is 5.92 Å². The summed E-state index contributed by atoms with van der Waals surface area (Å²) in [5, 5.41) is 0.975. The molecule has 1 saturated heterocycles. The topological polar surface area (TPSA) is 104 Å². The summed E-state index contributed by atoms with van der Waals surface area (Å²) in [4.78, 5) is 36.5. The molecule has 2 unspecified atom stereocenters. The third-order valence-electron chi connectivity index (χ3n) is 4.70. The largest absolute Gasteiger partial charge is 0.493 e. The number of hydrogen-bond acceptors (Lipinski definition) is 8. The van der Waals surface area contributed by atoms with Gasteiger partial charge < -0.3 is 14.0 Å². The van der Waals surface area contributed by atoms with Gasteiger partial charge in [0.25, 0.3) is 5.91 Å². The summed E-state index contributed by atoms with van der Waals surface area (Å²) >= 11 is 1.59. The van der Waals surface area contributed by atoms with Gasteiger partial charge in [-0.15, -0.1) is 0 Å². The first-order chi connectivity index (χ1) is 15.1. The number of pyridine rings is 1. The number of hydrogen-bond donors (Lipinski definition) is 1. The maximum absolute atomic E-state index is 11.6. The molecule has 2 aromatic heterocycles. The predicted octanol–water partition coefficient (Wildman–Crippen LogP) is 3.29. The van der Waals surface area contributed by atoms with Crippen molar-refractivity contribution in [3.63, 3.8) is 0 Å². The van der Waals surface area contributed by atoms with Crippen LogP contribution in [-0.4, -0.2) is 28.5 Å². The van der Waals surface area contributed by atoms with Crippen LogP contribution in [-0.2, 0) is 27.3 Å². The van der Waals surface area contributed by atoms with Crippen molar-refractivity contribution in [2.45, 2.75) is 30.0 Å². The van der Waals surface area contributed by atoms with Crippen molar-refractivity contribution in [3.05, 3.63) is 72.1 Å². The quantitative estimate of drug-likeness (QED) is 0.400. The molecule has 0 aliphatic carbocycles. The molecule has 1 aromatic carbocycles. The lowest BCUT2D eigenvalue weighted by atomic mass is 9.99. The Morgan fingerprint density at radius 1 is 1.19 bits per heavy atom. The van der Waals surface area contributed by atoms with Gasteiger partial charge in [-0.05, 0) is 43.2 Å². The smallest absolute Gasteiger partial charge is 0.345 e. The van der Waals surface area contributed by atoms with Gasteiger partial charge in [-0.3, -0.25) is 4.79 Å². The van der Waals surface area contributed by atoms with E-state index in [1.54, 1.807) is 24.2 Å². The van der Waals surface area contributed by atoms with Gasteiger partial charge in [-0.25, -0.2) is 14.8 Å². The second-order valence-electron chi connectivity index (χ2n) is 6.99. The van der Waals surface area contributed by atoms with Crippen molar-refractivity contribution in [1.82, 2.24) is 15.4 Å². The Labute approximate surface area is 183 Å². The Kier molecular flexibility index (Phi) is 6.51. The number of carbonyl (C=O) groups is 2. The number of nitrogens with zero attached hydrogens (tertiary/aromatic N) is 2. The van der Waals surface area contributed by atoms with Gasteiger partial charge in [0.05, 0.1) is 22.6 Å². The van der Waals surface area contributed by atoms with Gasteiger partial charge in [0, 0.05) is 12.6 Å². The van der Waals surface area contributed by atoms with E-state index in [0.29, 0.717) is 31.1 Å². The Morgan fingerprint density at radius 3 is 2.74 bits per heavy atom. The number of hydroxylamine groups is 1. The molecule has 3 aromatic rings. The number of oxazole rings is 1. The highest BCUT2D eigenvalue weighted by atomic mass is 32.2. The first-order valence-corrected chi connectivity index (χ1v) is 10.7. The molecule has 1 aliphatic heterocycles. The Balaban J connectivity index is 1.24. The third-order valence-corrected chi connectivity index (χ3v) is 5.73. The number of thioether (sulfide) groups is 1. The lowest BCUT2D eigenvalue weighted by molar-refractivity contribution is -0.146. The van der Waals surface area contributed by atoms with Crippen molar-refractivity contribution >= 4 is 23.6 Å². The SMILES string of the molecule is CC(Sc1ccccn1)c1nc(CCOc2ccc(CC3C(=O)NOC3=O)cc2)co1. The fourth-order valence-corrected chi connectivity index (χ4v) is 3.88. The number of benzene rings is 1. The zero-order chi connectivity index (χ0) is 21.6. The van der Waals surface area contributed by atoms with Crippen molar-refractivity contribution in [2.75, 3.05) is 6.61 Å². The fraction of sp³-hybridized carbons (Fsp3) is 0.273. The molecule has 1 fully saturated rings. The molecule has 9 heteroatoms. The van der Waals surface area contributed by atoms with E-state index in [-0.39, 0.29) is 5.25 Å². The molecule has 0 spiro atoms. The second kappa shape index (κ2) is 9.65. The standard InChI is InChI=1S/C22H21N3O5S/c1-14(31-19-4-2-3-10-23-19)21-24-16(13-29-21)9-11-28-17-7-5-15(6-8-17)12-18-20(26)25-30-22(18)27/h2-8,10,13-14,18H,9,11-12H2,1H3,(H,25,26). The van der Waals surface area contributed by atoms with Gasteiger partial charge in [0.15, 0.2) is 0 Å². The molecule has 2 atom stereocenters. The van der Waals surface area contributed by atoms with E-state index >= 15 is 0 Å². The zero-order valence-corrected chi connectivity index (χ0v) is 17.6. The molecule has 1 amide bonds. The van der Waals surface area contributed by atoms with E-state index in [2.05, 4.69) is 20.3 Å². The van der Waals surface area contributed by atoms with Crippen LogP contribution in [0.15, 0.2) is 64.4 Å². The summed E-state index contributed by atoms with van der Waals surface area (Å²) in [5.41, 5.74) is 3.76. The summed E-state index contributed by atoms with van der Waals surface area (Å²) in [7, 11) is 0. The van der Waals surface area contributed by atoms with Crippen LogP contribution in [0.2, 0.25) is 0 Å². The summed E-state index contributed by atoms with van der Waals surface area (Å²) in [6.07, 6.45) is 4.32.